The molecule has 4 aromatic carbocycles. The van der Waals surface area contributed by atoms with Gasteiger partial charge in [-0.25, -0.2) is 19.6 Å². The number of fused-ring (bicyclic) bond motifs is 3. The highest BCUT2D eigenvalue weighted by molar-refractivity contribution is 5.83. The highest BCUT2D eigenvalue weighted by atomic mass is 16.6. The standard InChI is InChI=1S/C46H48N6O5/c1-45(2,3)57-44(54)52-22-10-14-38(52)42-48-34-19-16-29(24-35(34)49-42)30-15-18-32-40(25-30)56-39-20-17-31(23-33(39)46(32,4)5)41-47-26-36(50-41)37-13-9-21-51(37)43(53)55-27-28-11-7-6-8-12-28/h6-8,11-12,15-20,23-26,37-38H,9-10,13-14,21-22,27H2,1-5H3,(H,47,50)(H,48,49)/t37-,38-/m0/s1. The lowest BCUT2D eigenvalue weighted by Gasteiger charge is -2.35. The number of rotatable bonds is 6. The summed E-state index contributed by atoms with van der Waals surface area (Å²) in [7, 11) is 0. The molecule has 0 spiro atoms. The minimum Gasteiger partial charge on any atom is -0.457 e. The number of likely N-dealkylation sites (tertiary alicyclic amines) is 2. The summed E-state index contributed by atoms with van der Waals surface area (Å²) < 4.78 is 18.0. The van der Waals surface area contributed by atoms with Crippen LogP contribution in [0.2, 0.25) is 0 Å². The molecular formula is C46H48N6O5. The van der Waals surface area contributed by atoms with E-state index in [-0.39, 0.29) is 36.3 Å². The van der Waals surface area contributed by atoms with Crippen LogP contribution in [0.4, 0.5) is 9.59 Å². The first-order valence-electron chi connectivity index (χ1n) is 19.9. The van der Waals surface area contributed by atoms with Gasteiger partial charge in [-0.15, -0.1) is 0 Å². The number of nitrogens with zero attached hydrogens (tertiary/aromatic N) is 4. The summed E-state index contributed by atoms with van der Waals surface area (Å²) in [4.78, 5) is 46.4. The van der Waals surface area contributed by atoms with Crippen molar-refractivity contribution in [1.82, 2.24) is 29.7 Å². The Balaban J connectivity index is 0.919. The number of imidazole rings is 2. The Morgan fingerprint density at radius 2 is 1.53 bits per heavy atom. The molecule has 2 atom stereocenters. The maximum Gasteiger partial charge on any atom is 0.410 e. The number of carbonyl (C=O) groups is 2. The minimum absolute atomic E-state index is 0.120. The predicted octanol–water partition coefficient (Wildman–Crippen LogP) is 10.6. The van der Waals surface area contributed by atoms with Gasteiger partial charge in [0.25, 0.3) is 0 Å². The van der Waals surface area contributed by atoms with Crippen LogP contribution in [0.3, 0.4) is 0 Å². The van der Waals surface area contributed by atoms with Crippen molar-refractivity contribution in [1.29, 1.82) is 0 Å². The Hall–Kier alpha value is -6.10. The van der Waals surface area contributed by atoms with Gasteiger partial charge >= 0.3 is 12.2 Å². The molecule has 0 saturated carbocycles. The maximum absolute atomic E-state index is 13.1. The number of carbonyl (C=O) groups excluding carboxylic acids is 2. The van der Waals surface area contributed by atoms with E-state index in [4.69, 9.17) is 24.2 Å². The van der Waals surface area contributed by atoms with Crippen molar-refractivity contribution < 1.29 is 23.8 Å². The van der Waals surface area contributed by atoms with Crippen LogP contribution in [-0.2, 0) is 21.5 Å². The molecule has 5 heterocycles. The second kappa shape index (κ2) is 14.1. The number of hydrogen-bond donors (Lipinski definition) is 2. The van der Waals surface area contributed by atoms with Gasteiger partial charge in [0, 0.05) is 35.2 Å². The third-order valence-electron chi connectivity index (χ3n) is 11.5. The van der Waals surface area contributed by atoms with Crippen LogP contribution >= 0.6 is 0 Å². The Kier molecular flexibility index (Phi) is 9.06. The molecule has 2 fully saturated rings. The molecule has 0 radical (unpaired) electrons. The summed E-state index contributed by atoms with van der Waals surface area (Å²) in [5.74, 6) is 3.16. The fourth-order valence-corrected chi connectivity index (χ4v) is 8.54. The van der Waals surface area contributed by atoms with Crippen LogP contribution in [0.15, 0.2) is 91.1 Å². The van der Waals surface area contributed by atoms with Gasteiger partial charge in [-0.3, -0.25) is 9.80 Å². The second-order valence-corrected chi connectivity index (χ2v) is 16.9. The Morgan fingerprint density at radius 3 is 2.32 bits per heavy atom. The summed E-state index contributed by atoms with van der Waals surface area (Å²) in [5, 5.41) is 0. The number of amides is 2. The first kappa shape index (κ1) is 36.5. The van der Waals surface area contributed by atoms with Crippen molar-refractivity contribution in [3.63, 3.8) is 0 Å². The topological polar surface area (TPSA) is 126 Å². The van der Waals surface area contributed by atoms with Gasteiger partial charge in [0.15, 0.2) is 0 Å². The summed E-state index contributed by atoms with van der Waals surface area (Å²) in [6, 6.07) is 28.3. The number of ether oxygens (including phenoxy) is 3. The molecule has 2 amide bonds. The van der Waals surface area contributed by atoms with Crippen LogP contribution in [-0.4, -0.2) is 60.6 Å². The third kappa shape index (κ3) is 7.00. The number of nitrogens with one attached hydrogen (secondary N) is 2. The largest absolute Gasteiger partial charge is 0.457 e. The third-order valence-corrected chi connectivity index (χ3v) is 11.5. The second-order valence-electron chi connectivity index (χ2n) is 16.9. The molecule has 3 aliphatic rings. The molecule has 2 N–H and O–H groups in total. The number of H-pyrrole nitrogens is 2. The lowest BCUT2D eigenvalue weighted by atomic mass is 9.75. The van der Waals surface area contributed by atoms with Gasteiger partial charge in [0.2, 0.25) is 0 Å². The Bertz CT molecular complexity index is 2480. The van der Waals surface area contributed by atoms with Crippen molar-refractivity contribution in [3.05, 3.63) is 119 Å². The van der Waals surface area contributed by atoms with Gasteiger partial charge in [-0.1, -0.05) is 62.4 Å². The molecule has 3 aliphatic heterocycles. The molecule has 11 heteroatoms. The van der Waals surface area contributed by atoms with E-state index in [0.29, 0.717) is 13.1 Å². The van der Waals surface area contributed by atoms with Crippen LogP contribution in [0.25, 0.3) is 33.5 Å². The van der Waals surface area contributed by atoms with E-state index in [2.05, 4.69) is 60.2 Å². The van der Waals surface area contributed by atoms with E-state index < -0.39 is 5.60 Å². The summed E-state index contributed by atoms with van der Waals surface area (Å²) in [6.07, 6.45) is 4.72. The van der Waals surface area contributed by atoms with E-state index in [1.54, 1.807) is 9.80 Å². The molecule has 292 valence electrons. The van der Waals surface area contributed by atoms with Crippen molar-refractivity contribution >= 4 is 23.2 Å². The zero-order valence-electron chi connectivity index (χ0n) is 33.1. The summed E-state index contributed by atoms with van der Waals surface area (Å²) in [6.45, 7) is 11.7. The van der Waals surface area contributed by atoms with Gasteiger partial charge in [0.1, 0.15) is 35.4 Å². The molecule has 6 aromatic rings. The fraction of sp³-hybridized carbons (Fsp3) is 0.348. The molecule has 2 aromatic heterocycles. The normalized spacial score (nSPS) is 18.6. The van der Waals surface area contributed by atoms with Crippen molar-refractivity contribution in [3.8, 4) is 34.0 Å². The van der Waals surface area contributed by atoms with Crippen LogP contribution in [0.1, 0.15) is 101 Å². The lowest BCUT2D eigenvalue weighted by molar-refractivity contribution is 0.0218. The Morgan fingerprint density at radius 1 is 0.807 bits per heavy atom. The smallest absolute Gasteiger partial charge is 0.410 e. The molecule has 0 aliphatic carbocycles. The molecule has 0 unspecified atom stereocenters. The van der Waals surface area contributed by atoms with Crippen molar-refractivity contribution in [2.45, 2.75) is 90.0 Å². The van der Waals surface area contributed by atoms with Gasteiger partial charge in [-0.2, -0.15) is 0 Å². The predicted molar refractivity (Wildman–Crippen MR) is 218 cm³/mol. The van der Waals surface area contributed by atoms with Crippen LogP contribution in [0.5, 0.6) is 11.5 Å². The highest BCUT2D eigenvalue weighted by Crippen LogP contribution is 2.50. The minimum atomic E-state index is -0.557. The number of aromatic amines is 2. The zero-order chi connectivity index (χ0) is 39.5. The zero-order valence-corrected chi connectivity index (χ0v) is 33.1. The number of aromatic nitrogens is 4. The first-order valence-corrected chi connectivity index (χ1v) is 19.9. The van der Waals surface area contributed by atoms with Gasteiger partial charge in [-0.05, 0) is 99.5 Å². The molecule has 2 saturated heterocycles. The van der Waals surface area contributed by atoms with E-state index in [1.807, 2.05) is 75.5 Å². The Labute approximate surface area is 332 Å². The van der Waals surface area contributed by atoms with E-state index in [9.17, 15) is 9.59 Å². The monoisotopic (exact) mass is 764 g/mol. The van der Waals surface area contributed by atoms with E-state index >= 15 is 0 Å². The lowest BCUT2D eigenvalue weighted by Crippen LogP contribution is -2.36. The average molecular weight is 765 g/mol. The first-order chi connectivity index (χ1) is 27.4. The molecule has 57 heavy (non-hydrogen) atoms. The number of hydrogen-bond acceptors (Lipinski definition) is 7. The molecule has 9 rings (SSSR count). The maximum atomic E-state index is 13.1. The number of benzene rings is 4. The van der Waals surface area contributed by atoms with E-state index in [0.717, 1.165) is 98.9 Å². The van der Waals surface area contributed by atoms with Gasteiger partial charge < -0.3 is 24.2 Å². The quantitative estimate of drug-likeness (QED) is 0.173. The highest BCUT2D eigenvalue weighted by Gasteiger charge is 2.37. The fourth-order valence-electron chi connectivity index (χ4n) is 8.54. The molecule has 0 bridgehead atoms. The summed E-state index contributed by atoms with van der Waals surface area (Å²) >= 11 is 0. The summed E-state index contributed by atoms with van der Waals surface area (Å²) in [5.41, 5.74) is 7.93. The van der Waals surface area contributed by atoms with Crippen LogP contribution < -0.4 is 4.74 Å². The van der Waals surface area contributed by atoms with E-state index in [1.165, 1.54) is 0 Å². The van der Waals surface area contributed by atoms with Crippen molar-refractivity contribution in [2.24, 2.45) is 0 Å². The molecular weight excluding hydrogens is 717 g/mol. The van der Waals surface area contributed by atoms with Crippen LogP contribution in [0, 0.1) is 0 Å². The van der Waals surface area contributed by atoms with Gasteiger partial charge in [0.05, 0.1) is 35.0 Å². The molecule has 11 nitrogen and oxygen atoms in total. The van der Waals surface area contributed by atoms with Crippen molar-refractivity contribution in [2.75, 3.05) is 13.1 Å². The SMILES string of the molecule is CC(C)(C)OC(=O)N1CCC[C@H]1c1nc2ccc(-c3ccc4c(c3)Oc3ccc(-c5ncc([C@@H]6CCCN6C(=O)OCc6ccccc6)[nH]5)cc3C4(C)C)cc2[nH]1. The average Bonchev–Trinajstić information content (AvgIpc) is 4.02.